The van der Waals surface area contributed by atoms with Crippen LogP contribution in [-0.4, -0.2) is 47.8 Å². The minimum Gasteiger partial charge on any atom is -0.310 e. The van der Waals surface area contributed by atoms with Crippen molar-refractivity contribution in [1.29, 1.82) is 0 Å². The van der Waals surface area contributed by atoms with Gasteiger partial charge < -0.3 is 5.32 Å². The van der Waals surface area contributed by atoms with Gasteiger partial charge in [0, 0.05) is 36.9 Å². The Hall–Kier alpha value is -0.920. The number of sulfonamides is 1. The second kappa shape index (κ2) is 6.02. The molecule has 0 amide bonds. The van der Waals surface area contributed by atoms with Crippen molar-refractivity contribution in [2.75, 3.05) is 18.8 Å². The van der Waals surface area contributed by atoms with E-state index in [0.717, 1.165) is 25.1 Å². The number of aryl methyl sites for hydroxylation is 1. The average Bonchev–Trinajstić information content (AvgIpc) is 2.82. The van der Waals surface area contributed by atoms with Gasteiger partial charge >= 0.3 is 0 Å². The molecule has 108 valence electrons. The molecule has 7 heteroatoms. The summed E-state index contributed by atoms with van der Waals surface area (Å²) in [7, 11) is -3.02. The fourth-order valence-corrected chi connectivity index (χ4v) is 3.46. The Morgan fingerprint density at radius 3 is 2.68 bits per heavy atom. The molecule has 0 atom stereocenters. The van der Waals surface area contributed by atoms with E-state index in [1.165, 1.54) is 5.56 Å². The third-order valence-corrected chi connectivity index (χ3v) is 5.61. The lowest BCUT2D eigenvalue weighted by atomic mass is 10.1. The number of nitrogens with zero attached hydrogens (tertiary/aromatic N) is 2. The van der Waals surface area contributed by atoms with E-state index in [0.29, 0.717) is 19.1 Å². The molecule has 1 fully saturated rings. The van der Waals surface area contributed by atoms with Crippen molar-refractivity contribution in [2.24, 2.45) is 0 Å². The van der Waals surface area contributed by atoms with Crippen LogP contribution >= 0.6 is 0 Å². The average molecular weight is 286 g/mol. The fourth-order valence-electron chi connectivity index (χ4n) is 2.33. The van der Waals surface area contributed by atoms with Crippen LogP contribution in [0.15, 0.2) is 6.20 Å². The first-order valence-corrected chi connectivity index (χ1v) is 8.34. The van der Waals surface area contributed by atoms with Crippen LogP contribution in [0.25, 0.3) is 0 Å². The maximum Gasteiger partial charge on any atom is 0.213 e. The van der Waals surface area contributed by atoms with Crippen LogP contribution in [0.1, 0.15) is 31.0 Å². The zero-order valence-electron chi connectivity index (χ0n) is 11.5. The van der Waals surface area contributed by atoms with E-state index in [4.69, 9.17) is 0 Å². The fraction of sp³-hybridized carbons (Fsp3) is 0.750. The lowest BCUT2D eigenvalue weighted by molar-refractivity contribution is 0.289. The minimum atomic E-state index is -3.02. The summed E-state index contributed by atoms with van der Waals surface area (Å²) in [6.45, 7) is 5.73. The van der Waals surface area contributed by atoms with Gasteiger partial charge in [-0.3, -0.25) is 5.10 Å². The summed E-state index contributed by atoms with van der Waals surface area (Å²) in [6.07, 6.45) is 3.57. The monoisotopic (exact) mass is 286 g/mol. The summed E-state index contributed by atoms with van der Waals surface area (Å²) < 4.78 is 25.1. The van der Waals surface area contributed by atoms with Gasteiger partial charge in [-0.25, -0.2) is 12.7 Å². The topological polar surface area (TPSA) is 78.1 Å². The lowest BCUT2D eigenvalue weighted by Gasteiger charge is -2.31. The van der Waals surface area contributed by atoms with E-state index in [9.17, 15) is 8.42 Å². The molecule has 2 heterocycles. The SMILES string of the molecule is CCS(=O)(=O)N1CCC(NCc2cn[nH]c2C)CC1. The predicted octanol–water partition coefficient (Wildman–Crippen LogP) is 0.622. The van der Waals surface area contributed by atoms with Crippen LogP contribution in [0.4, 0.5) is 0 Å². The molecule has 0 radical (unpaired) electrons. The summed E-state index contributed by atoms with van der Waals surface area (Å²) in [4.78, 5) is 0. The van der Waals surface area contributed by atoms with Crippen molar-refractivity contribution in [3.05, 3.63) is 17.5 Å². The molecule has 1 aromatic rings. The van der Waals surface area contributed by atoms with Gasteiger partial charge in [-0.05, 0) is 26.7 Å². The Morgan fingerprint density at radius 1 is 1.47 bits per heavy atom. The highest BCUT2D eigenvalue weighted by Gasteiger charge is 2.26. The van der Waals surface area contributed by atoms with Crippen molar-refractivity contribution in [1.82, 2.24) is 19.8 Å². The van der Waals surface area contributed by atoms with Crippen LogP contribution in [0.5, 0.6) is 0 Å². The molecule has 2 N–H and O–H groups in total. The molecule has 0 unspecified atom stereocenters. The van der Waals surface area contributed by atoms with Gasteiger partial charge in [-0.1, -0.05) is 0 Å². The van der Waals surface area contributed by atoms with E-state index < -0.39 is 10.0 Å². The molecule has 1 aromatic heterocycles. The third-order valence-electron chi connectivity index (χ3n) is 3.73. The second-order valence-electron chi connectivity index (χ2n) is 4.98. The van der Waals surface area contributed by atoms with E-state index in [2.05, 4.69) is 15.5 Å². The third kappa shape index (κ3) is 3.55. The van der Waals surface area contributed by atoms with Crippen molar-refractivity contribution in [2.45, 2.75) is 39.3 Å². The number of hydrogen-bond acceptors (Lipinski definition) is 4. The number of aromatic nitrogens is 2. The maximum atomic E-state index is 11.7. The Balaban J connectivity index is 1.80. The van der Waals surface area contributed by atoms with Gasteiger partial charge in [0.05, 0.1) is 11.9 Å². The summed E-state index contributed by atoms with van der Waals surface area (Å²) >= 11 is 0. The van der Waals surface area contributed by atoms with Crippen LogP contribution in [0.2, 0.25) is 0 Å². The van der Waals surface area contributed by atoms with Gasteiger partial charge in [0.25, 0.3) is 0 Å². The summed E-state index contributed by atoms with van der Waals surface area (Å²) in [5, 5.41) is 10.4. The molecule has 1 aliphatic rings. The number of aromatic amines is 1. The molecule has 1 saturated heterocycles. The molecule has 1 aliphatic heterocycles. The molecule has 6 nitrogen and oxygen atoms in total. The Kier molecular flexibility index (Phi) is 4.59. The lowest BCUT2D eigenvalue weighted by Crippen LogP contribution is -2.45. The van der Waals surface area contributed by atoms with Crippen molar-refractivity contribution < 1.29 is 8.42 Å². The van der Waals surface area contributed by atoms with Gasteiger partial charge in [0.2, 0.25) is 10.0 Å². The first-order chi connectivity index (χ1) is 9.03. The molecule has 0 aliphatic carbocycles. The number of H-pyrrole nitrogens is 1. The second-order valence-corrected chi connectivity index (χ2v) is 7.23. The van der Waals surface area contributed by atoms with Crippen molar-refractivity contribution >= 4 is 10.0 Å². The molecule has 0 spiro atoms. The van der Waals surface area contributed by atoms with Crippen molar-refractivity contribution in [3.63, 3.8) is 0 Å². The highest BCUT2D eigenvalue weighted by molar-refractivity contribution is 7.89. The smallest absolute Gasteiger partial charge is 0.213 e. The van der Waals surface area contributed by atoms with Crippen LogP contribution < -0.4 is 5.32 Å². The number of rotatable bonds is 5. The summed E-state index contributed by atoms with van der Waals surface area (Å²) in [6, 6.07) is 0.387. The standard InChI is InChI=1S/C12H22N4O2S/c1-3-19(17,18)16-6-4-12(5-7-16)13-8-11-9-14-15-10(11)2/h9,12-13H,3-8H2,1-2H3,(H,14,15). The van der Waals surface area contributed by atoms with Crippen molar-refractivity contribution in [3.8, 4) is 0 Å². The normalized spacial score (nSPS) is 18.8. The first kappa shape index (κ1) is 14.5. The Bertz CT molecular complexity index is 504. The highest BCUT2D eigenvalue weighted by atomic mass is 32.2. The number of hydrogen-bond donors (Lipinski definition) is 2. The molecular formula is C12H22N4O2S. The van der Waals surface area contributed by atoms with E-state index in [1.54, 1.807) is 11.2 Å². The maximum absolute atomic E-state index is 11.7. The van der Waals surface area contributed by atoms with Gasteiger partial charge in [-0.2, -0.15) is 5.10 Å². The van der Waals surface area contributed by atoms with Gasteiger partial charge in [-0.15, -0.1) is 0 Å². The molecule has 2 rings (SSSR count). The van der Waals surface area contributed by atoms with Gasteiger partial charge in [0.1, 0.15) is 0 Å². The number of nitrogens with one attached hydrogen (secondary N) is 2. The Labute approximate surface area is 114 Å². The first-order valence-electron chi connectivity index (χ1n) is 6.73. The predicted molar refractivity (Wildman–Crippen MR) is 74.2 cm³/mol. The number of piperidine rings is 1. The van der Waals surface area contributed by atoms with Crippen LogP contribution in [0, 0.1) is 6.92 Å². The molecule has 0 aromatic carbocycles. The summed E-state index contributed by atoms with van der Waals surface area (Å²) in [5.41, 5.74) is 2.25. The van der Waals surface area contributed by atoms with Gasteiger partial charge in [0.15, 0.2) is 0 Å². The largest absolute Gasteiger partial charge is 0.310 e. The zero-order valence-corrected chi connectivity index (χ0v) is 12.3. The van der Waals surface area contributed by atoms with Crippen LogP contribution in [0.3, 0.4) is 0 Å². The minimum absolute atomic E-state index is 0.194. The van der Waals surface area contributed by atoms with Crippen LogP contribution in [-0.2, 0) is 16.6 Å². The Morgan fingerprint density at radius 2 is 2.16 bits per heavy atom. The molecule has 19 heavy (non-hydrogen) atoms. The van der Waals surface area contributed by atoms with E-state index >= 15 is 0 Å². The highest BCUT2D eigenvalue weighted by Crippen LogP contribution is 2.15. The molecule has 0 saturated carbocycles. The van der Waals surface area contributed by atoms with E-state index in [-0.39, 0.29) is 5.75 Å². The molecule has 0 bridgehead atoms. The summed E-state index contributed by atoms with van der Waals surface area (Å²) in [5.74, 6) is 0.194. The quantitative estimate of drug-likeness (QED) is 0.832. The van der Waals surface area contributed by atoms with E-state index in [1.807, 2.05) is 13.1 Å². The molecular weight excluding hydrogens is 264 g/mol. The zero-order chi connectivity index (χ0) is 13.9.